The number of rotatable bonds is 9. The van der Waals surface area contributed by atoms with Gasteiger partial charge >= 0.3 is 5.97 Å². The summed E-state index contributed by atoms with van der Waals surface area (Å²) in [4.78, 5) is 12.4. The molecule has 184 valence electrons. The van der Waals surface area contributed by atoms with Gasteiger partial charge in [-0.05, 0) is 68.8 Å². The van der Waals surface area contributed by atoms with Crippen molar-refractivity contribution in [1.29, 1.82) is 0 Å². The highest BCUT2D eigenvalue weighted by Gasteiger charge is 2.28. The topological polar surface area (TPSA) is 99.8 Å². The Balaban J connectivity index is 2.12. The number of carbonyl (C=O) groups excluding carboxylic acids is 1. The molecule has 35 heavy (non-hydrogen) atoms. The van der Waals surface area contributed by atoms with Gasteiger partial charge in [0.05, 0.1) is 24.3 Å². The fourth-order valence-corrected chi connectivity index (χ4v) is 5.29. The van der Waals surface area contributed by atoms with Crippen LogP contribution in [0.2, 0.25) is 0 Å². The minimum atomic E-state index is -3.91. The Labute approximate surface area is 205 Å². The maximum absolute atomic E-state index is 13.6. The van der Waals surface area contributed by atoms with Crippen LogP contribution in [-0.4, -0.2) is 34.1 Å². The summed E-state index contributed by atoms with van der Waals surface area (Å²) in [7, 11) is -2.40. The summed E-state index contributed by atoms with van der Waals surface area (Å²) in [6, 6.07) is 15.8. The fourth-order valence-electron chi connectivity index (χ4n) is 3.64. The first kappa shape index (κ1) is 25.8. The van der Waals surface area contributed by atoms with Crippen LogP contribution in [0, 0.1) is 5.21 Å². The number of hydrogen-bond donors (Lipinski definition) is 0. The number of nitrogens with zero attached hydrogens (tertiary/aromatic N) is 2. The first-order valence-corrected chi connectivity index (χ1v) is 12.5. The van der Waals surface area contributed by atoms with Gasteiger partial charge in [0.25, 0.3) is 10.0 Å². The molecule has 0 bridgehead atoms. The van der Waals surface area contributed by atoms with E-state index >= 15 is 0 Å². The van der Waals surface area contributed by atoms with E-state index in [0.29, 0.717) is 32.9 Å². The van der Waals surface area contributed by atoms with Crippen LogP contribution in [0.5, 0.6) is 5.75 Å². The zero-order chi connectivity index (χ0) is 25.6. The van der Waals surface area contributed by atoms with Gasteiger partial charge in [-0.25, -0.2) is 13.2 Å². The summed E-state index contributed by atoms with van der Waals surface area (Å²) in [5, 5.41) is 11.9. The van der Waals surface area contributed by atoms with Crippen molar-refractivity contribution >= 4 is 27.3 Å². The van der Waals surface area contributed by atoms with Gasteiger partial charge in [-0.1, -0.05) is 12.1 Å². The maximum Gasteiger partial charge on any atom is 0.331 e. The molecule has 1 aromatic heterocycles. The Morgan fingerprint density at radius 3 is 2.37 bits per heavy atom. The highest BCUT2D eigenvalue weighted by molar-refractivity contribution is 7.92. The molecule has 3 aromatic rings. The third kappa shape index (κ3) is 5.99. The second-order valence-corrected chi connectivity index (χ2v) is 9.70. The Bertz CT molecular complexity index is 1320. The molecule has 0 spiro atoms. The summed E-state index contributed by atoms with van der Waals surface area (Å²) in [5.74, 6) is -0.0185. The van der Waals surface area contributed by atoms with Crippen LogP contribution in [0.4, 0.5) is 5.69 Å². The Hall–Kier alpha value is -3.85. The predicted molar refractivity (Wildman–Crippen MR) is 133 cm³/mol. The van der Waals surface area contributed by atoms with E-state index < -0.39 is 22.0 Å². The molecule has 0 aliphatic carbocycles. The zero-order valence-corrected chi connectivity index (χ0v) is 20.9. The summed E-state index contributed by atoms with van der Waals surface area (Å²) < 4.78 is 39.3. The lowest BCUT2D eigenvalue weighted by atomic mass is 9.98. The van der Waals surface area contributed by atoms with Crippen LogP contribution in [-0.2, 0) is 19.6 Å². The third-order valence-electron chi connectivity index (χ3n) is 5.13. The monoisotopic (exact) mass is 496 g/mol. The van der Waals surface area contributed by atoms with Gasteiger partial charge in [-0.2, -0.15) is 4.73 Å². The normalized spacial score (nSPS) is 11.9. The Morgan fingerprint density at radius 2 is 1.77 bits per heavy atom. The van der Waals surface area contributed by atoms with Gasteiger partial charge < -0.3 is 14.7 Å². The molecule has 0 aliphatic rings. The molecule has 2 aromatic carbocycles. The van der Waals surface area contributed by atoms with Crippen molar-refractivity contribution in [3.63, 3.8) is 0 Å². The molecule has 8 nitrogen and oxygen atoms in total. The Kier molecular flexibility index (Phi) is 8.14. The smallest absolute Gasteiger partial charge is 0.331 e. The van der Waals surface area contributed by atoms with Gasteiger partial charge in [-0.15, -0.1) is 0 Å². The van der Waals surface area contributed by atoms with Crippen LogP contribution < -0.4 is 13.8 Å². The van der Waals surface area contributed by atoms with Crippen LogP contribution >= 0.6 is 0 Å². The van der Waals surface area contributed by atoms with Crippen molar-refractivity contribution in [3.05, 3.63) is 95.5 Å². The molecule has 0 atom stereocenters. The van der Waals surface area contributed by atoms with E-state index in [4.69, 9.17) is 9.47 Å². The number of hydrogen-bond acceptors (Lipinski definition) is 6. The standard InChI is InChI=1S/C26H28N2O6S/c1-5-34-26(29)17-25(21-9-7-15-27(30)18-21)20-8-6-10-22(16-20)28(19(2)3)35(31,32)24-13-11-23(33-4)12-14-24/h6-19H,5H2,1-4H3. The molecule has 3 rings (SSSR count). The quantitative estimate of drug-likeness (QED) is 0.193. The highest BCUT2D eigenvalue weighted by atomic mass is 32.2. The highest BCUT2D eigenvalue weighted by Crippen LogP contribution is 2.31. The van der Waals surface area contributed by atoms with Crippen molar-refractivity contribution < 1.29 is 27.4 Å². The number of sulfonamides is 1. The van der Waals surface area contributed by atoms with Crippen LogP contribution in [0.1, 0.15) is 31.9 Å². The number of carbonyl (C=O) groups is 1. The summed E-state index contributed by atoms with van der Waals surface area (Å²) in [6.07, 6.45) is 3.98. The molecule has 1 heterocycles. The molecular formula is C26H28N2O6S. The molecule has 0 saturated heterocycles. The van der Waals surface area contributed by atoms with E-state index in [1.165, 1.54) is 42.0 Å². The van der Waals surface area contributed by atoms with Gasteiger partial charge in [0.1, 0.15) is 5.75 Å². The Morgan fingerprint density at radius 1 is 1.09 bits per heavy atom. The number of ether oxygens (including phenoxy) is 2. The predicted octanol–water partition coefficient (Wildman–Crippen LogP) is 3.93. The van der Waals surface area contributed by atoms with E-state index in [1.54, 1.807) is 69.3 Å². The number of methoxy groups -OCH3 is 1. The van der Waals surface area contributed by atoms with Crippen molar-refractivity contribution in [2.45, 2.75) is 31.7 Å². The lowest BCUT2D eigenvalue weighted by Crippen LogP contribution is -2.37. The van der Waals surface area contributed by atoms with E-state index in [-0.39, 0.29) is 11.5 Å². The summed E-state index contributed by atoms with van der Waals surface area (Å²) in [5.41, 5.74) is 1.88. The van der Waals surface area contributed by atoms with Crippen molar-refractivity contribution in [2.24, 2.45) is 0 Å². The van der Waals surface area contributed by atoms with Crippen LogP contribution in [0.25, 0.3) is 5.57 Å². The second-order valence-electron chi connectivity index (χ2n) is 7.88. The number of benzene rings is 2. The largest absolute Gasteiger partial charge is 0.619 e. The first-order chi connectivity index (χ1) is 16.7. The molecule has 9 heteroatoms. The number of anilines is 1. The zero-order valence-electron chi connectivity index (χ0n) is 20.0. The average Bonchev–Trinajstić information content (AvgIpc) is 2.82. The molecule has 0 fully saturated rings. The first-order valence-electron chi connectivity index (χ1n) is 11.0. The third-order valence-corrected chi connectivity index (χ3v) is 7.15. The second kappa shape index (κ2) is 11.1. The minimum Gasteiger partial charge on any atom is -0.619 e. The van der Waals surface area contributed by atoms with Crippen molar-refractivity contribution in [2.75, 3.05) is 18.0 Å². The van der Waals surface area contributed by atoms with Gasteiger partial charge in [0.15, 0.2) is 12.4 Å². The minimum absolute atomic E-state index is 0.121. The molecule has 0 amide bonds. The summed E-state index contributed by atoms with van der Waals surface area (Å²) in [6.45, 7) is 5.45. The number of pyridine rings is 1. The van der Waals surface area contributed by atoms with Crippen molar-refractivity contribution in [1.82, 2.24) is 0 Å². The molecule has 0 N–H and O–H groups in total. The van der Waals surface area contributed by atoms with Crippen LogP contribution in [0.15, 0.2) is 84.0 Å². The van der Waals surface area contributed by atoms with Crippen molar-refractivity contribution in [3.8, 4) is 5.75 Å². The number of esters is 1. The molecular weight excluding hydrogens is 468 g/mol. The molecule has 0 aliphatic heterocycles. The van der Waals surface area contributed by atoms with E-state index in [1.807, 2.05) is 0 Å². The average molecular weight is 497 g/mol. The molecule has 0 radical (unpaired) electrons. The van der Waals surface area contributed by atoms with Gasteiger partial charge in [0, 0.05) is 29.3 Å². The SMILES string of the molecule is CCOC(=O)C=C(c1cccc(N(C(C)C)S(=O)(=O)c2ccc(OC)cc2)c1)c1ccc[n+]([O-])c1. The van der Waals surface area contributed by atoms with Gasteiger partial charge in [-0.3, -0.25) is 4.31 Å². The molecule has 0 saturated carbocycles. The lowest BCUT2D eigenvalue weighted by Gasteiger charge is -2.29. The van der Waals surface area contributed by atoms with E-state index in [0.717, 1.165) is 0 Å². The molecule has 0 unspecified atom stereocenters. The summed E-state index contributed by atoms with van der Waals surface area (Å²) >= 11 is 0. The number of aromatic nitrogens is 1. The van der Waals surface area contributed by atoms with E-state index in [9.17, 15) is 18.4 Å². The van der Waals surface area contributed by atoms with E-state index in [2.05, 4.69) is 0 Å². The van der Waals surface area contributed by atoms with Crippen LogP contribution in [0.3, 0.4) is 0 Å². The lowest BCUT2D eigenvalue weighted by molar-refractivity contribution is -0.605. The maximum atomic E-state index is 13.6. The van der Waals surface area contributed by atoms with Gasteiger partial charge in [0.2, 0.25) is 0 Å². The fraction of sp³-hybridized carbons (Fsp3) is 0.231.